The van der Waals surface area contributed by atoms with E-state index in [0.29, 0.717) is 26.3 Å². The average Bonchev–Trinajstić information content (AvgIpc) is 3.13. The number of ether oxygens (including phenoxy) is 2. The number of hydrogen-bond acceptors (Lipinski definition) is 5. The maximum atomic E-state index is 5.57. The Hall–Kier alpha value is -2.12. The summed E-state index contributed by atoms with van der Waals surface area (Å²) in [5.41, 5.74) is 1.13. The predicted octanol–water partition coefficient (Wildman–Crippen LogP) is 2.99. The van der Waals surface area contributed by atoms with Crippen LogP contribution in [0.3, 0.4) is 0 Å². The Morgan fingerprint density at radius 2 is 1.96 bits per heavy atom. The van der Waals surface area contributed by atoms with Crippen molar-refractivity contribution in [3.8, 4) is 5.75 Å². The molecule has 0 bridgehead atoms. The number of aryl methyl sites for hydroxylation is 1. The maximum Gasteiger partial charge on any atom is 0.191 e. The molecule has 0 saturated carbocycles. The number of benzene rings is 1. The van der Waals surface area contributed by atoms with Gasteiger partial charge in [0.05, 0.1) is 19.7 Å². The van der Waals surface area contributed by atoms with Crippen LogP contribution in [0.25, 0.3) is 0 Å². The van der Waals surface area contributed by atoms with Gasteiger partial charge in [-0.1, -0.05) is 19.1 Å². The molecule has 0 aliphatic rings. The summed E-state index contributed by atoms with van der Waals surface area (Å²) in [5, 5.41) is 7.68. The van der Waals surface area contributed by atoms with Gasteiger partial charge in [-0.05, 0) is 31.0 Å². The van der Waals surface area contributed by atoms with Crippen LogP contribution >= 0.6 is 11.3 Å². The van der Waals surface area contributed by atoms with Gasteiger partial charge in [0.1, 0.15) is 17.4 Å². The molecule has 1 aromatic carbocycles. The van der Waals surface area contributed by atoms with E-state index in [0.717, 1.165) is 35.2 Å². The smallest absolute Gasteiger partial charge is 0.191 e. The molecule has 2 rings (SSSR count). The number of rotatable bonds is 10. The van der Waals surface area contributed by atoms with Crippen LogP contribution in [-0.4, -0.2) is 37.8 Å². The van der Waals surface area contributed by atoms with E-state index in [9.17, 15) is 0 Å². The molecule has 0 saturated heterocycles. The fraction of sp³-hybridized carbons (Fsp3) is 0.474. The highest BCUT2D eigenvalue weighted by molar-refractivity contribution is 7.11. The number of guanidine groups is 1. The fourth-order valence-electron chi connectivity index (χ4n) is 2.20. The third-order valence-corrected chi connectivity index (χ3v) is 4.74. The van der Waals surface area contributed by atoms with Crippen LogP contribution in [0.2, 0.25) is 0 Å². The van der Waals surface area contributed by atoms with Gasteiger partial charge in [0, 0.05) is 24.7 Å². The van der Waals surface area contributed by atoms with E-state index in [1.54, 1.807) is 18.4 Å². The van der Waals surface area contributed by atoms with Crippen LogP contribution in [0.1, 0.15) is 29.3 Å². The molecular weight excluding hydrogens is 348 g/mol. The van der Waals surface area contributed by atoms with Crippen LogP contribution in [0.5, 0.6) is 5.75 Å². The Balaban J connectivity index is 1.86. The Morgan fingerprint density at radius 3 is 2.62 bits per heavy atom. The van der Waals surface area contributed by atoms with Crippen LogP contribution < -0.4 is 15.4 Å². The molecule has 0 amide bonds. The quantitative estimate of drug-likeness (QED) is 0.379. The molecule has 1 heterocycles. The largest absolute Gasteiger partial charge is 0.491 e. The fourth-order valence-corrected chi connectivity index (χ4v) is 3.00. The second-order valence-corrected chi connectivity index (χ2v) is 6.81. The van der Waals surface area contributed by atoms with Crippen molar-refractivity contribution in [1.82, 2.24) is 15.6 Å². The van der Waals surface area contributed by atoms with Gasteiger partial charge >= 0.3 is 0 Å². The minimum Gasteiger partial charge on any atom is -0.491 e. The van der Waals surface area contributed by atoms with E-state index in [-0.39, 0.29) is 0 Å². The first-order chi connectivity index (χ1) is 12.7. The first kappa shape index (κ1) is 20.2. The zero-order chi connectivity index (χ0) is 18.6. The molecule has 1 aromatic heterocycles. The van der Waals surface area contributed by atoms with Crippen molar-refractivity contribution in [3.05, 3.63) is 45.9 Å². The van der Waals surface area contributed by atoms with Gasteiger partial charge in [0.2, 0.25) is 0 Å². The molecule has 0 spiro atoms. The van der Waals surface area contributed by atoms with Crippen molar-refractivity contribution in [2.75, 3.05) is 26.9 Å². The Morgan fingerprint density at radius 1 is 1.15 bits per heavy atom. The predicted molar refractivity (Wildman–Crippen MR) is 107 cm³/mol. The minimum absolute atomic E-state index is 0.555. The van der Waals surface area contributed by atoms with Crippen molar-refractivity contribution in [2.24, 2.45) is 4.99 Å². The molecule has 7 heteroatoms. The molecule has 26 heavy (non-hydrogen) atoms. The van der Waals surface area contributed by atoms with Crippen LogP contribution in [0.4, 0.5) is 0 Å². The highest BCUT2D eigenvalue weighted by Gasteiger charge is 2.03. The van der Waals surface area contributed by atoms with Crippen molar-refractivity contribution < 1.29 is 9.47 Å². The van der Waals surface area contributed by atoms with Gasteiger partial charge < -0.3 is 20.1 Å². The zero-order valence-electron chi connectivity index (χ0n) is 15.7. The number of nitrogens with zero attached hydrogens (tertiary/aromatic N) is 2. The van der Waals surface area contributed by atoms with E-state index in [1.807, 2.05) is 30.5 Å². The first-order valence-corrected chi connectivity index (χ1v) is 9.73. The minimum atomic E-state index is 0.555. The first-order valence-electron chi connectivity index (χ1n) is 8.91. The number of thiazole rings is 1. The van der Waals surface area contributed by atoms with E-state index < -0.39 is 0 Å². The zero-order valence-corrected chi connectivity index (χ0v) is 16.6. The van der Waals surface area contributed by atoms with E-state index in [2.05, 4.69) is 34.5 Å². The number of aliphatic imine (C=N–C) groups is 1. The third-order valence-electron chi connectivity index (χ3n) is 3.60. The molecule has 0 radical (unpaired) electrons. The van der Waals surface area contributed by atoms with Crippen molar-refractivity contribution in [3.63, 3.8) is 0 Å². The summed E-state index contributed by atoms with van der Waals surface area (Å²) >= 11 is 1.74. The van der Waals surface area contributed by atoms with Gasteiger partial charge in [-0.15, -0.1) is 11.3 Å². The number of aromatic nitrogens is 1. The molecule has 0 aliphatic heterocycles. The van der Waals surface area contributed by atoms with E-state index in [4.69, 9.17) is 9.47 Å². The molecule has 142 valence electrons. The van der Waals surface area contributed by atoms with Crippen LogP contribution in [-0.2, 0) is 24.2 Å². The van der Waals surface area contributed by atoms with Gasteiger partial charge in [0.25, 0.3) is 0 Å². The molecule has 0 atom stereocenters. The van der Waals surface area contributed by atoms with Crippen molar-refractivity contribution >= 4 is 17.3 Å². The Labute approximate surface area is 159 Å². The van der Waals surface area contributed by atoms with E-state index in [1.165, 1.54) is 4.88 Å². The maximum absolute atomic E-state index is 5.57. The van der Waals surface area contributed by atoms with Gasteiger partial charge in [-0.2, -0.15) is 0 Å². The third kappa shape index (κ3) is 7.01. The summed E-state index contributed by atoms with van der Waals surface area (Å²) in [6.45, 7) is 7.44. The molecule has 2 aromatic rings. The lowest BCUT2D eigenvalue weighted by atomic mass is 10.2. The summed E-state index contributed by atoms with van der Waals surface area (Å²) in [4.78, 5) is 10.4. The molecule has 2 N–H and O–H groups in total. The highest BCUT2D eigenvalue weighted by Crippen LogP contribution is 2.14. The standard InChI is InChI=1S/C19H28N4O2S/c1-4-17-13-21-18(26-17)14-23-19(20-5-2)22-12-15-6-8-16(9-7-15)25-11-10-24-3/h6-9,13H,4-5,10-12,14H2,1-3H3,(H2,20,22,23). The lowest BCUT2D eigenvalue weighted by Crippen LogP contribution is -2.36. The SMILES string of the molecule is CCNC(=NCc1ccc(OCCOC)cc1)NCc1ncc(CC)s1. The van der Waals surface area contributed by atoms with E-state index >= 15 is 0 Å². The van der Waals surface area contributed by atoms with Crippen molar-refractivity contribution in [2.45, 2.75) is 33.4 Å². The monoisotopic (exact) mass is 376 g/mol. The second-order valence-electron chi connectivity index (χ2n) is 5.61. The lowest BCUT2D eigenvalue weighted by Gasteiger charge is -2.10. The average molecular weight is 377 g/mol. The summed E-state index contributed by atoms with van der Waals surface area (Å²) in [7, 11) is 1.66. The van der Waals surface area contributed by atoms with Crippen molar-refractivity contribution in [1.29, 1.82) is 0 Å². The molecule has 0 unspecified atom stereocenters. The molecule has 6 nitrogen and oxygen atoms in total. The Kier molecular flexibility index (Phi) is 8.92. The molecular formula is C19H28N4O2S. The number of hydrogen-bond donors (Lipinski definition) is 2. The summed E-state index contributed by atoms with van der Waals surface area (Å²) in [6.07, 6.45) is 2.97. The molecule has 0 aliphatic carbocycles. The second kappa shape index (κ2) is 11.5. The van der Waals surface area contributed by atoms with Gasteiger partial charge in [0.15, 0.2) is 5.96 Å². The normalized spacial score (nSPS) is 11.4. The van der Waals surface area contributed by atoms with Crippen LogP contribution in [0.15, 0.2) is 35.5 Å². The topological polar surface area (TPSA) is 67.8 Å². The number of methoxy groups -OCH3 is 1. The van der Waals surface area contributed by atoms with Gasteiger partial charge in [-0.25, -0.2) is 9.98 Å². The van der Waals surface area contributed by atoms with Crippen LogP contribution in [0, 0.1) is 0 Å². The van der Waals surface area contributed by atoms with Gasteiger partial charge in [-0.3, -0.25) is 0 Å². The summed E-state index contributed by atoms with van der Waals surface area (Å²) < 4.78 is 10.6. The number of nitrogens with one attached hydrogen (secondary N) is 2. The highest BCUT2D eigenvalue weighted by atomic mass is 32.1. The summed E-state index contributed by atoms with van der Waals surface area (Å²) in [6, 6.07) is 7.98. The lowest BCUT2D eigenvalue weighted by molar-refractivity contribution is 0.146. The summed E-state index contributed by atoms with van der Waals surface area (Å²) in [5.74, 6) is 1.64. The Bertz CT molecular complexity index is 670. The molecule has 0 fully saturated rings.